The number of pyridine rings is 1. The second kappa shape index (κ2) is 8.34. The predicted molar refractivity (Wildman–Crippen MR) is 103 cm³/mol. The average Bonchev–Trinajstić information content (AvgIpc) is 2.66. The number of nitrogens with zero attached hydrogens (tertiary/aromatic N) is 1. The van der Waals surface area contributed by atoms with E-state index in [1.165, 1.54) is 5.56 Å². The Morgan fingerprint density at radius 2 is 1.88 bits per heavy atom. The van der Waals surface area contributed by atoms with Gasteiger partial charge in [0.15, 0.2) is 5.43 Å². The van der Waals surface area contributed by atoms with Crippen LogP contribution >= 0.6 is 0 Å². The van der Waals surface area contributed by atoms with Crippen molar-refractivity contribution in [1.29, 1.82) is 0 Å². The normalized spacial score (nSPS) is 11.2. The highest BCUT2D eigenvalue weighted by Crippen LogP contribution is 2.18. The Labute approximate surface area is 148 Å². The second-order valence-corrected chi connectivity index (χ2v) is 6.06. The number of aryl methyl sites for hydroxylation is 1. The first kappa shape index (κ1) is 17.0. The molecule has 0 N–H and O–H groups in total. The lowest BCUT2D eigenvalue weighted by Crippen LogP contribution is -2.07. The molecule has 0 amide bonds. The van der Waals surface area contributed by atoms with Gasteiger partial charge in [-0.3, -0.25) is 4.79 Å². The van der Waals surface area contributed by atoms with E-state index in [0.29, 0.717) is 11.1 Å². The van der Waals surface area contributed by atoms with Crippen LogP contribution in [0.4, 0.5) is 0 Å². The smallest absolute Gasteiger partial charge is 0.189 e. The largest absolute Gasteiger partial charge is 0.497 e. The minimum atomic E-state index is 0.0250. The lowest BCUT2D eigenvalue weighted by molar-refractivity contribution is 0.415. The Balaban J connectivity index is 1.61. The Hall–Kier alpha value is -2.81. The summed E-state index contributed by atoms with van der Waals surface area (Å²) in [5, 5.41) is 0.694. The first-order valence-electron chi connectivity index (χ1n) is 8.64. The van der Waals surface area contributed by atoms with Gasteiger partial charge >= 0.3 is 0 Å². The van der Waals surface area contributed by atoms with E-state index in [0.717, 1.165) is 31.3 Å². The first-order chi connectivity index (χ1) is 12.3. The summed E-state index contributed by atoms with van der Waals surface area (Å²) in [6.45, 7) is 0.758. The molecular formula is C22H23NO2. The highest BCUT2D eigenvalue weighted by atomic mass is 16.5. The summed E-state index contributed by atoms with van der Waals surface area (Å²) in [4.78, 5) is 12.1. The number of aromatic nitrogens is 1. The Morgan fingerprint density at radius 1 is 1.04 bits per heavy atom. The van der Waals surface area contributed by atoms with Crippen LogP contribution in [-0.4, -0.2) is 11.7 Å². The van der Waals surface area contributed by atoms with Crippen LogP contribution in [0.5, 0.6) is 5.75 Å². The van der Waals surface area contributed by atoms with Gasteiger partial charge in [-0.1, -0.05) is 42.5 Å². The number of hydrogen-bond donors (Lipinski definition) is 0. The van der Waals surface area contributed by atoms with E-state index in [2.05, 4.69) is 41.0 Å². The molecule has 25 heavy (non-hydrogen) atoms. The Kier molecular flexibility index (Phi) is 5.68. The van der Waals surface area contributed by atoms with E-state index < -0.39 is 0 Å². The third-order valence-electron chi connectivity index (χ3n) is 4.33. The number of rotatable bonds is 7. The maximum Gasteiger partial charge on any atom is 0.189 e. The van der Waals surface area contributed by atoms with Crippen molar-refractivity contribution in [3.63, 3.8) is 0 Å². The molecule has 128 valence electrons. The van der Waals surface area contributed by atoms with Crippen LogP contribution in [0, 0.1) is 0 Å². The number of unbranched alkanes of at least 4 members (excludes halogenated alkanes) is 1. The minimum absolute atomic E-state index is 0.0250. The van der Waals surface area contributed by atoms with Gasteiger partial charge in [0, 0.05) is 24.2 Å². The van der Waals surface area contributed by atoms with Crippen molar-refractivity contribution in [2.24, 2.45) is 0 Å². The van der Waals surface area contributed by atoms with Gasteiger partial charge in [0.25, 0.3) is 0 Å². The van der Waals surface area contributed by atoms with Crippen LogP contribution in [0.3, 0.4) is 0 Å². The topological polar surface area (TPSA) is 31.2 Å². The Morgan fingerprint density at radius 3 is 2.68 bits per heavy atom. The molecule has 1 aromatic heterocycles. The van der Waals surface area contributed by atoms with Gasteiger partial charge in [0.2, 0.25) is 0 Å². The van der Waals surface area contributed by atoms with Crippen molar-refractivity contribution in [1.82, 2.24) is 4.57 Å². The minimum Gasteiger partial charge on any atom is -0.497 e. The molecule has 1 heterocycles. The van der Waals surface area contributed by atoms with E-state index in [1.54, 1.807) is 19.2 Å². The van der Waals surface area contributed by atoms with Crippen molar-refractivity contribution in [3.8, 4) is 5.75 Å². The van der Waals surface area contributed by atoms with Crippen LogP contribution in [0.1, 0.15) is 18.4 Å². The lowest BCUT2D eigenvalue weighted by Gasteiger charge is -2.09. The fourth-order valence-electron chi connectivity index (χ4n) is 2.95. The number of methoxy groups -OCH3 is 1. The molecule has 2 aromatic carbocycles. The van der Waals surface area contributed by atoms with E-state index in [1.807, 2.05) is 24.4 Å². The van der Waals surface area contributed by atoms with Crippen molar-refractivity contribution in [3.05, 3.63) is 88.7 Å². The summed E-state index contributed by atoms with van der Waals surface area (Å²) in [6.07, 6.45) is 9.54. The molecular weight excluding hydrogens is 310 g/mol. The zero-order valence-corrected chi connectivity index (χ0v) is 14.5. The summed E-state index contributed by atoms with van der Waals surface area (Å²) in [5.41, 5.74) is 2.34. The summed E-state index contributed by atoms with van der Waals surface area (Å²) in [6, 6.07) is 17.8. The second-order valence-electron chi connectivity index (χ2n) is 6.06. The molecule has 0 aliphatic rings. The number of benzene rings is 2. The van der Waals surface area contributed by atoms with Crippen molar-refractivity contribution >= 4 is 10.9 Å². The van der Waals surface area contributed by atoms with Gasteiger partial charge in [-0.25, -0.2) is 0 Å². The summed E-state index contributed by atoms with van der Waals surface area (Å²) in [7, 11) is 1.61. The van der Waals surface area contributed by atoms with Crippen molar-refractivity contribution in [2.75, 3.05) is 7.11 Å². The van der Waals surface area contributed by atoms with Crippen LogP contribution in [0.25, 0.3) is 10.9 Å². The fraction of sp³-hybridized carbons (Fsp3) is 0.227. The van der Waals surface area contributed by atoms with E-state index in [9.17, 15) is 4.79 Å². The number of hydrogen-bond acceptors (Lipinski definition) is 2. The van der Waals surface area contributed by atoms with Gasteiger partial charge in [-0.15, -0.1) is 0 Å². The predicted octanol–water partition coefficient (Wildman–Crippen LogP) is 4.59. The average molecular weight is 333 g/mol. The molecule has 0 spiro atoms. The van der Waals surface area contributed by atoms with Crippen LogP contribution < -0.4 is 10.2 Å². The van der Waals surface area contributed by atoms with E-state index in [-0.39, 0.29) is 5.43 Å². The molecule has 0 aliphatic heterocycles. The molecule has 3 heteroatoms. The van der Waals surface area contributed by atoms with Gasteiger partial charge in [0.1, 0.15) is 5.75 Å². The third kappa shape index (κ3) is 4.38. The molecule has 0 unspecified atom stereocenters. The van der Waals surface area contributed by atoms with E-state index >= 15 is 0 Å². The third-order valence-corrected chi connectivity index (χ3v) is 4.33. The highest BCUT2D eigenvalue weighted by molar-refractivity contribution is 5.80. The molecule has 3 nitrogen and oxygen atoms in total. The van der Waals surface area contributed by atoms with Crippen molar-refractivity contribution in [2.45, 2.75) is 25.8 Å². The van der Waals surface area contributed by atoms with Gasteiger partial charge < -0.3 is 9.30 Å². The summed E-state index contributed by atoms with van der Waals surface area (Å²) < 4.78 is 7.30. The molecule has 0 radical (unpaired) electrons. The molecule has 3 rings (SSSR count). The monoisotopic (exact) mass is 333 g/mol. The number of ether oxygens (including phenoxy) is 1. The van der Waals surface area contributed by atoms with Gasteiger partial charge in [-0.05, 0) is 43.0 Å². The quantitative estimate of drug-likeness (QED) is 0.468. The van der Waals surface area contributed by atoms with Crippen LogP contribution in [0.15, 0.2) is 77.7 Å². The molecule has 0 atom stereocenters. The van der Waals surface area contributed by atoms with Gasteiger partial charge in [-0.2, -0.15) is 0 Å². The first-order valence-corrected chi connectivity index (χ1v) is 8.64. The Bertz CT molecular complexity index is 910. The zero-order chi connectivity index (χ0) is 17.5. The highest BCUT2D eigenvalue weighted by Gasteiger charge is 2.03. The maximum absolute atomic E-state index is 12.1. The fourth-order valence-corrected chi connectivity index (χ4v) is 2.95. The SMILES string of the molecule is COc1ccc2c(c1)c(=O)ccn2C/C=C/CCCc1ccccc1. The lowest BCUT2D eigenvalue weighted by atomic mass is 10.1. The molecule has 0 saturated heterocycles. The maximum atomic E-state index is 12.1. The summed E-state index contributed by atoms with van der Waals surface area (Å²) >= 11 is 0. The molecule has 0 aliphatic carbocycles. The molecule has 0 fully saturated rings. The summed E-state index contributed by atoms with van der Waals surface area (Å²) in [5.74, 6) is 0.707. The van der Waals surface area contributed by atoms with Crippen LogP contribution in [-0.2, 0) is 13.0 Å². The van der Waals surface area contributed by atoms with Crippen molar-refractivity contribution < 1.29 is 4.74 Å². The molecule has 0 bridgehead atoms. The van der Waals surface area contributed by atoms with Gasteiger partial charge in [0.05, 0.1) is 12.6 Å². The number of fused-ring (bicyclic) bond motifs is 1. The molecule has 0 saturated carbocycles. The van der Waals surface area contributed by atoms with E-state index in [4.69, 9.17) is 4.74 Å². The zero-order valence-electron chi connectivity index (χ0n) is 14.5. The van der Waals surface area contributed by atoms with Crippen LogP contribution in [0.2, 0.25) is 0 Å². The number of allylic oxidation sites excluding steroid dienone is 2. The standard InChI is InChI=1S/C22H23NO2/c1-25-19-12-13-21-20(17-19)22(24)14-16-23(21)15-8-3-2-5-9-18-10-6-4-7-11-18/h3-4,6-8,10-14,16-17H,2,5,9,15H2,1H3/b8-3+. The molecule has 3 aromatic rings.